The summed E-state index contributed by atoms with van der Waals surface area (Å²) in [6.45, 7) is 15.2. The molecule has 5 saturated heterocycles. The van der Waals surface area contributed by atoms with Crippen molar-refractivity contribution in [2.24, 2.45) is 11.8 Å². The topological polar surface area (TPSA) is 274 Å². The molecular weight excluding hydrogens is 921 g/mol. The van der Waals surface area contributed by atoms with Crippen LogP contribution in [0, 0.1) is 11.8 Å². The van der Waals surface area contributed by atoms with Gasteiger partial charge in [-0.3, -0.25) is 14.4 Å². The SMILES string of the molecule is CCCCC[C@@H]1CCCCCCCCCC(=O)O[C@H]2[C@H](O)[C@@H](C)O[C@@H](O[C@H]3[C@H](O1)O[C@H](C)[C@@H](O)[C@@H]3O)[C@@H]2O[C@@H]1O[C@@H](C)[C@H](O[C@@H]2O[C@H](C)[C@H](OC(=O)[C@@H](C)CC)[C@H](O)[C@H]2O)[C@@H](OC(=O)[C@@H](C)CC)[C@H]1O. The van der Waals surface area contributed by atoms with Crippen molar-refractivity contribution in [3.8, 4) is 0 Å². The number of esters is 3. The zero-order chi connectivity index (χ0) is 51.4. The molecule has 0 spiro atoms. The number of hydrogen-bond acceptors (Lipinski definition) is 20. The summed E-state index contributed by atoms with van der Waals surface area (Å²) in [6.07, 6.45) is -17.7. The Morgan fingerprint density at radius 3 is 1.71 bits per heavy atom. The first kappa shape index (κ1) is 58.7. The third-order valence-corrected chi connectivity index (χ3v) is 14.6. The second-order valence-electron chi connectivity index (χ2n) is 20.2. The van der Waals surface area contributed by atoms with Gasteiger partial charge in [0.05, 0.1) is 42.4 Å². The predicted molar refractivity (Wildman–Crippen MR) is 247 cm³/mol. The Morgan fingerprint density at radius 2 is 1.09 bits per heavy atom. The first-order chi connectivity index (χ1) is 33.3. The van der Waals surface area contributed by atoms with E-state index in [1.165, 1.54) is 20.8 Å². The maximum Gasteiger partial charge on any atom is 0.309 e. The van der Waals surface area contributed by atoms with Crippen LogP contribution in [0.3, 0.4) is 0 Å². The Labute approximate surface area is 413 Å². The average Bonchev–Trinajstić information content (AvgIpc) is 3.33. The highest BCUT2D eigenvalue weighted by atomic mass is 16.8. The molecule has 0 radical (unpaired) electrons. The van der Waals surface area contributed by atoms with E-state index in [0.29, 0.717) is 19.3 Å². The van der Waals surface area contributed by atoms with Gasteiger partial charge in [-0.2, -0.15) is 0 Å². The number of hydrogen-bond donors (Lipinski definition) is 6. The van der Waals surface area contributed by atoms with Gasteiger partial charge in [0, 0.05) is 6.42 Å². The number of carbonyl (C=O) groups is 3. The van der Waals surface area contributed by atoms with Gasteiger partial charge in [0.15, 0.2) is 49.6 Å². The molecule has 5 aliphatic rings. The van der Waals surface area contributed by atoms with E-state index in [2.05, 4.69) is 6.92 Å². The van der Waals surface area contributed by atoms with Crippen LogP contribution in [0.15, 0.2) is 0 Å². The molecule has 5 rings (SSSR count). The van der Waals surface area contributed by atoms with Crippen molar-refractivity contribution in [1.82, 2.24) is 0 Å². The minimum absolute atomic E-state index is 0.0288. The van der Waals surface area contributed by atoms with E-state index in [0.717, 1.165) is 70.6 Å². The van der Waals surface area contributed by atoms with Crippen molar-refractivity contribution in [3.05, 3.63) is 0 Å². The molecule has 70 heavy (non-hydrogen) atoms. The predicted octanol–water partition coefficient (Wildman–Crippen LogP) is 3.60. The van der Waals surface area contributed by atoms with E-state index in [9.17, 15) is 45.0 Å². The van der Waals surface area contributed by atoms with Crippen LogP contribution < -0.4 is 0 Å². The number of carbonyl (C=O) groups excluding carboxylic acids is 3. The molecular formula is C50H86O20. The van der Waals surface area contributed by atoms with E-state index in [-0.39, 0.29) is 12.5 Å². The molecule has 0 aromatic carbocycles. The maximum absolute atomic E-state index is 13.6. The zero-order valence-corrected chi connectivity index (χ0v) is 42.8. The summed E-state index contributed by atoms with van der Waals surface area (Å²) < 4.78 is 68.1. The molecule has 5 fully saturated rings. The van der Waals surface area contributed by atoms with Gasteiger partial charge in [0.1, 0.15) is 48.8 Å². The molecule has 0 aliphatic carbocycles. The van der Waals surface area contributed by atoms with E-state index in [1.807, 2.05) is 6.92 Å². The van der Waals surface area contributed by atoms with Gasteiger partial charge in [-0.25, -0.2) is 0 Å². The van der Waals surface area contributed by atoms with Crippen LogP contribution >= 0.6 is 0 Å². The standard InChI is InChI=1S/C50H86O20/c1-10-13-19-22-31-23-20-17-15-14-16-18-21-24-32(51)65-41-34(53)28(7)61-50(69-43-35(54)33(52)27(6)60-49(43)64-31)44(41)70-48-38(57)42(67-46(59)26(5)12-3)40(30(9)63-48)68-47-37(56)36(55)39(29(8)62-47)66-45(58)25(4)11-2/h25-31,33-44,47-50,52-57H,10-24H2,1-9H3/t25-,26-,27+,28+,29+,30-,31+,33+,34+,35-,36+,37+,38+,39-,40-,41-,42-,43+,44+,47-,48-,49-,50-/m0/s1. The van der Waals surface area contributed by atoms with Crippen LogP contribution in [0.2, 0.25) is 0 Å². The summed E-state index contributed by atoms with van der Waals surface area (Å²) in [6, 6.07) is 0. The molecule has 20 nitrogen and oxygen atoms in total. The molecule has 0 saturated carbocycles. The van der Waals surface area contributed by atoms with Crippen molar-refractivity contribution < 1.29 is 97.1 Å². The number of aliphatic hydroxyl groups is 6. The van der Waals surface area contributed by atoms with Crippen molar-refractivity contribution in [2.45, 2.75) is 288 Å². The minimum atomic E-state index is -1.89. The van der Waals surface area contributed by atoms with E-state index in [1.54, 1.807) is 27.7 Å². The van der Waals surface area contributed by atoms with Crippen molar-refractivity contribution in [1.29, 1.82) is 0 Å². The van der Waals surface area contributed by atoms with Gasteiger partial charge < -0.3 is 82.7 Å². The molecule has 0 aromatic rings. The quantitative estimate of drug-likeness (QED) is 0.0824. The number of aliphatic hydroxyl groups excluding tert-OH is 6. The van der Waals surface area contributed by atoms with E-state index in [4.69, 9.17) is 52.1 Å². The molecule has 5 aliphatic heterocycles. The molecule has 406 valence electrons. The summed E-state index contributed by atoms with van der Waals surface area (Å²) in [5, 5.41) is 69.3. The third-order valence-electron chi connectivity index (χ3n) is 14.6. The van der Waals surface area contributed by atoms with Gasteiger partial charge in [-0.1, -0.05) is 92.4 Å². The van der Waals surface area contributed by atoms with Gasteiger partial charge in [-0.05, 0) is 59.8 Å². The lowest BCUT2D eigenvalue weighted by atomic mass is 9.95. The van der Waals surface area contributed by atoms with Crippen LogP contribution in [-0.2, 0) is 66.5 Å². The number of ether oxygens (including phenoxy) is 11. The smallest absolute Gasteiger partial charge is 0.309 e. The average molecular weight is 1010 g/mol. The fraction of sp³-hybridized carbons (Fsp3) is 0.940. The lowest BCUT2D eigenvalue weighted by Crippen LogP contribution is -2.67. The van der Waals surface area contributed by atoms with Crippen LogP contribution in [-0.4, -0.2) is 177 Å². The monoisotopic (exact) mass is 1010 g/mol. The lowest BCUT2D eigenvalue weighted by Gasteiger charge is -2.50. The molecule has 23 atom stereocenters. The highest BCUT2D eigenvalue weighted by Crippen LogP contribution is 2.38. The fourth-order valence-electron chi connectivity index (χ4n) is 9.46. The van der Waals surface area contributed by atoms with Crippen molar-refractivity contribution in [2.75, 3.05) is 0 Å². The van der Waals surface area contributed by atoms with Gasteiger partial charge in [0.25, 0.3) is 0 Å². The first-order valence-corrected chi connectivity index (χ1v) is 26.2. The van der Waals surface area contributed by atoms with Gasteiger partial charge in [-0.15, -0.1) is 0 Å². The molecule has 20 heteroatoms. The Kier molecular flexibility index (Phi) is 23.4. The zero-order valence-electron chi connectivity index (χ0n) is 42.8. The summed E-state index contributed by atoms with van der Waals surface area (Å²) >= 11 is 0. The maximum atomic E-state index is 13.6. The van der Waals surface area contributed by atoms with E-state index < -0.39 is 153 Å². The summed E-state index contributed by atoms with van der Waals surface area (Å²) in [5.74, 6) is -3.06. The molecule has 0 aromatic heterocycles. The lowest BCUT2D eigenvalue weighted by molar-refractivity contribution is -0.397. The number of rotatable bonds is 14. The van der Waals surface area contributed by atoms with Crippen LogP contribution in [0.5, 0.6) is 0 Å². The first-order valence-electron chi connectivity index (χ1n) is 26.2. The summed E-state index contributed by atoms with van der Waals surface area (Å²) in [5.41, 5.74) is 0. The molecule has 2 bridgehead atoms. The van der Waals surface area contributed by atoms with Gasteiger partial charge in [0.2, 0.25) is 0 Å². The van der Waals surface area contributed by atoms with Crippen molar-refractivity contribution in [3.63, 3.8) is 0 Å². The molecule has 5 heterocycles. The number of unbranched alkanes of at least 4 members (excludes halogenated alkanes) is 2. The second-order valence-corrected chi connectivity index (χ2v) is 20.2. The summed E-state index contributed by atoms with van der Waals surface area (Å²) in [7, 11) is 0. The highest BCUT2D eigenvalue weighted by Gasteiger charge is 2.57. The van der Waals surface area contributed by atoms with Crippen LogP contribution in [0.1, 0.15) is 159 Å². The van der Waals surface area contributed by atoms with Crippen LogP contribution in [0.4, 0.5) is 0 Å². The van der Waals surface area contributed by atoms with Crippen molar-refractivity contribution >= 4 is 17.9 Å². The molecule has 0 amide bonds. The Bertz CT molecular complexity index is 1590. The largest absolute Gasteiger partial charge is 0.457 e. The summed E-state index contributed by atoms with van der Waals surface area (Å²) in [4.78, 5) is 39.8. The fourth-order valence-corrected chi connectivity index (χ4v) is 9.46. The highest BCUT2D eigenvalue weighted by molar-refractivity contribution is 5.72. The van der Waals surface area contributed by atoms with E-state index >= 15 is 0 Å². The molecule has 6 N–H and O–H groups in total. The molecule has 0 unspecified atom stereocenters. The Hall–Kier alpha value is -2.15. The third kappa shape index (κ3) is 15.2. The van der Waals surface area contributed by atoms with Gasteiger partial charge >= 0.3 is 17.9 Å². The number of fused-ring (bicyclic) bond motifs is 3. The Morgan fingerprint density at radius 1 is 0.543 bits per heavy atom. The Balaban J connectivity index is 1.48. The van der Waals surface area contributed by atoms with Crippen LogP contribution in [0.25, 0.3) is 0 Å². The minimum Gasteiger partial charge on any atom is -0.457 e. The normalized spacial score (nSPS) is 42.7. The second kappa shape index (κ2) is 27.9.